The number of allylic oxidation sites excluding steroid dienone is 2. The van der Waals surface area contributed by atoms with Gasteiger partial charge >= 0.3 is 6.09 Å². The Balaban J connectivity index is 1.62. The van der Waals surface area contributed by atoms with E-state index in [1.807, 2.05) is 53.7 Å². The number of rotatable bonds is 12. The molecule has 3 atom stereocenters. The third-order valence-corrected chi connectivity index (χ3v) is 8.12. The number of carbonyl (C=O) groups excluding carboxylic acids is 4. The first kappa shape index (κ1) is 34.3. The van der Waals surface area contributed by atoms with Crippen molar-refractivity contribution < 1.29 is 29.0 Å². The number of benzene rings is 2. The molecule has 0 aliphatic carbocycles. The van der Waals surface area contributed by atoms with E-state index in [9.17, 15) is 24.3 Å². The third kappa shape index (κ3) is 8.89. The number of Topliss-reactive ketones (excluding diaryl/α,β-unsaturated/α-hetero) is 1. The van der Waals surface area contributed by atoms with Crippen molar-refractivity contribution in [2.75, 3.05) is 11.9 Å². The molecule has 236 valence electrons. The van der Waals surface area contributed by atoms with Gasteiger partial charge in [0.05, 0.1) is 29.9 Å². The number of anilines is 1. The lowest BCUT2D eigenvalue weighted by molar-refractivity contribution is -0.130. The summed E-state index contributed by atoms with van der Waals surface area (Å²) >= 11 is 0. The summed E-state index contributed by atoms with van der Waals surface area (Å²) < 4.78 is 5.45. The van der Waals surface area contributed by atoms with Gasteiger partial charge in [-0.05, 0) is 80.0 Å². The molecule has 9 heteroatoms. The number of hydrogen-bond acceptors (Lipinski definition) is 6. The standard InChI is InChI=1S/C35H45N3O6/c1-8-9-28-16-29(19-39)38(18-28)34(42)30-14-22(4)23(5)15-31(30)37-35(43)44-20-27-12-10-26(11-13-27)17-32(40)25(7)36-33(41)24(6)21(2)3/h8-15,18,21,24-25,29,39H,16-17,19-20H2,1-7H3,(H,36,41)(H,37,43)/b9-8+/t24-,25-,29-/m0/s1. The van der Waals surface area contributed by atoms with Crippen molar-refractivity contribution in [2.45, 2.75) is 80.0 Å². The average Bonchev–Trinajstić information content (AvgIpc) is 3.40. The maximum atomic E-state index is 13.6. The van der Waals surface area contributed by atoms with Crippen LogP contribution in [0.3, 0.4) is 0 Å². The second-order valence-corrected chi connectivity index (χ2v) is 11.9. The van der Waals surface area contributed by atoms with Crippen LogP contribution in [0.1, 0.15) is 73.7 Å². The van der Waals surface area contributed by atoms with Crippen molar-refractivity contribution >= 4 is 29.4 Å². The fourth-order valence-electron chi connectivity index (χ4n) is 4.78. The Bertz CT molecular complexity index is 1430. The number of carbonyl (C=O) groups is 4. The number of aliphatic hydroxyl groups is 1. The van der Waals surface area contributed by atoms with E-state index in [4.69, 9.17) is 4.74 Å². The Morgan fingerprint density at radius 3 is 2.27 bits per heavy atom. The molecule has 0 saturated heterocycles. The molecule has 0 saturated carbocycles. The summed E-state index contributed by atoms with van der Waals surface area (Å²) in [5, 5.41) is 15.4. The van der Waals surface area contributed by atoms with Crippen LogP contribution in [0.5, 0.6) is 0 Å². The summed E-state index contributed by atoms with van der Waals surface area (Å²) in [6.45, 7) is 13.0. The van der Waals surface area contributed by atoms with Gasteiger partial charge < -0.3 is 20.1 Å². The van der Waals surface area contributed by atoms with Crippen molar-refractivity contribution in [3.8, 4) is 0 Å². The van der Waals surface area contributed by atoms with E-state index >= 15 is 0 Å². The van der Waals surface area contributed by atoms with Gasteiger partial charge in [0.2, 0.25) is 5.91 Å². The van der Waals surface area contributed by atoms with E-state index in [0.29, 0.717) is 17.7 Å². The molecule has 1 heterocycles. The van der Waals surface area contributed by atoms with E-state index in [1.165, 1.54) is 4.90 Å². The summed E-state index contributed by atoms with van der Waals surface area (Å²) in [4.78, 5) is 52.9. The minimum Gasteiger partial charge on any atom is -0.444 e. The molecule has 1 aliphatic heterocycles. The highest BCUT2D eigenvalue weighted by Crippen LogP contribution is 2.29. The summed E-state index contributed by atoms with van der Waals surface area (Å²) in [7, 11) is 0. The Labute approximate surface area is 260 Å². The summed E-state index contributed by atoms with van der Waals surface area (Å²) in [6.07, 6.45) is 5.53. The fraction of sp³-hybridized carbons (Fsp3) is 0.429. The molecule has 0 bridgehead atoms. The zero-order chi connectivity index (χ0) is 32.6. The molecule has 1 aliphatic rings. The van der Waals surface area contributed by atoms with E-state index in [0.717, 1.165) is 27.8 Å². The minimum atomic E-state index is -0.716. The number of ketones is 1. The van der Waals surface area contributed by atoms with Crippen LogP contribution >= 0.6 is 0 Å². The number of aliphatic hydroxyl groups excluding tert-OH is 1. The second-order valence-electron chi connectivity index (χ2n) is 11.9. The topological polar surface area (TPSA) is 125 Å². The summed E-state index contributed by atoms with van der Waals surface area (Å²) in [5.41, 5.74) is 4.87. The Hall–Kier alpha value is -4.24. The average molecular weight is 604 g/mol. The Kier molecular flexibility index (Phi) is 12.0. The SMILES string of the molecule is C/C=C/C1=CN(C(=O)c2cc(C)c(C)cc2NC(=O)OCc2ccc(CC(=O)[C@H](C)NC(=O)[C@@H](C)C(C)C)cc2)[C@H](CO)C1. The number of nitrogens with one attached hydrogen (secondary N) is 2. The van der Waals surface area contributed by atoms with Crippen LogP contribution in [-0.4, -0.2) is 52.4 Å². The third-order valence-electron chi connectivity index (χ3n) is 8.12. The number of hydrogen-bond donors (Lipinski definition) is 3. The van der Waals surface area contributed by atoms with Crippen molar-refractivity contribution in [1.29, 1.82) is 0 Å². The van der Waals surface area contributed by atoms with Gasteiger partial charge in [-0.2, -0.15) is 0 Å². The quantitative estimate of drug-likeness (QED) is 0.289. The molecule has 3 amide bonds. The van der Waals surface area contributed by atoms with Gasteiger partial charge in [-0.25, -0.2) is 4.79 Å². The van der Waals surface area contributed by atoms with E-state index in [2.05, 4.69) is 10.6 Å². The number of amides is 3. The smallest absolute Gasteiger partial charge is 0.411 e. The molecule has 9 nitrogen and oxygen atoms in total. The molecule has 0 spiro atoms. The number of aryl methyl sites for hydroxylation is 2. The highest BCUT2D eigenvalue weighted by molar-refractivity contribution is 6.04. The van der Waals surface area contributed by atoms with Crippen LogP contribution in [0.2, 0.25) is 0 Å². The molecular weight excluding hydrogens is 558 g/mol. The van der Waals surface area contributed by atoms with E-state index in [-0.39, 0.29) is 55.1 Å². The minimum absolute atomic E-state index is 0.0120. The predicted molar refractivity (Wildman–Crippen MR) is 171 cm³/mol. The highest BCUT2D eigenvalue weighted by atomic mass is 16.5. The highest BCUT2D eigenvalue weighted by Gasteiger charge is 2.30. The van der Waals surface area contributed by atoms with Crippen molar-refractivity contribution in [3.05, 3.63) is 88.1 Å². The van der Waals surface area contributed by atoms with Gasteiger partial charge in [-0.3, -0.25) is 19.7 Å². The van der Waals surface area contributed by atoms with Gasteiger partial charge in [0.25, 0.3) is 5.91 Å². The molecule has 0 radical (unpaired) electrons. The first-order valence-corrected chi connectivity index (χ1v) is 15.1. The first-order chi connectivity index (χ1) is 20.8. The van der Waals surface area contributed by atoms with Gasteiger partial charge in [-0.15, -0.1) is 0 Å². The molecule has 0 unspecified atom stereocenters. The van der Waals surface area contributed by atoms with Gasteiger partial charge in [-0.1, -0.05) is 57.2 Å². The fourth-order valence-corrected chi connectivity index (χ4v) is 4.78. The van der Waals surface area contributed by atoms with Crippen LogP contribution in [0, 0.1) is 25.7 Å². The zero-order valence-corrected chi connectivity index (χ0v) is 26.8. The van der Waals surface area contributed by atoms with Crippen LogP contribution < -0.4 is 10.6 Å². The van der Waals surface area contributed by atoms with Gasteiger partial charge in [0, 0.05) is 18.5 Å². The van der Waals surface area contributed by atoms with Crippen LogP contribution in [0.4, 0.5) is 10.5 Å². The normalized spacial score (nSPS) is 16.1. The molecular formula is C35H45N3O6. The molecule has 2 aromatic rings. The monoisotopic (exact) mass is 603 g/mol. The largest absolute Gasteiger partial charge is 0.444 e. The predicted octanol–water partition coefficient (Wildman–Crippen LogP) is 5.63. The Morgan fingerprint density at radius 2 is 1.66 bits per heavy atom. The molecule has 0 fully saturated rings. The van der Waals surface area contributed by atoms with E-state index < -0.39 is 12.1 Å². The Morgan fingerprint density at radius 1 is 1.02 bits per heavy atom. The van der Waals surface area contributed by atoms with Crippen molar-refractivity contribution in [3.63, 3.8) is 0 Å². The van der Waals surface area contributed by atoms with Crippen LogP contribution in [0.15, 0.2) is 60.3 Å². The molecule has 3 N–H and O–H groups in total. The lowest BCUT2D eigenvalue weighted by atomic mass is 9.96. The zero-order valence-electron chi connectivity index (χ0n) is 26.8. The van der Waals surface area contributed by atoms with Gasteiger partial charge in [0.15, 0.2) is 5.78 Å². The molecule has 0 aromatic heterocycles. The van der Waals surface area contributed by atoms with Crippen molar-refractivity contribution in [2.24, 2.45) is 11.8 Å². The maximum Gasteiger partial charge on any atom is 0.411 e. The number of nitrogens with zero attached hydrogens (tertiary/aromatic N) is 1. The van der Waals surface area contributed by atoms with E-state index in [1.54, 1.807) is 49.5 Å². The van der Waals surface area contributed by atoms with Crippen molar-refractivity contribution in [1.82, 2.24) is 10.2 Å². The second kappa shape index (κ2) is 15.5. The lowest BCUT2D eigenvalue weighted by Gasteiger charge is -2.23. The molecule has 2 aromatic carbocycles. The number of ether oxygens (including phenoxy) is 1. The summed E-state index contributed by atoms with van der Waals surface area (Å²) in [6, 6.07) is 9.65. The first-order valence-electron chi connectivity index (χ1n) is 15.1. The molecule has 3 rings (SSSR count). The van der Waals surface area contributed by atoms with Gasteiger partial charge in [0.1, 0.15) is 6.61 Å². The van der Waals surface area contributed by atoms with Crippen LogP contribution in [-0.2, 0) is 27.4 Å². The van der Waals surface area contributed by atoms with Crippen LogP contribution in [0.25, 0.3) is 0 Å². The lowest BCUT2D eigenvalue weighted by Crippen LogP contribution is -2.42. The molecule has 44 heavy (non-hydrogen) atoms. The maximum absolute atomic E-state index is 13.6. The summed E-state index contributed by atoms with van der Waals surface area (Å²) in [5.74, 6) is -0.547.